The minimum atomic E-state index is -3.55. The van der Waals surface area contributed by atoms with Crippen LogP contribution in [-0.4, -0.2) is 21.2 Å². The number of rotatable bonds is 1. The molecule has 0 saturated heterocycles. The predicted octanol–water partition coefficient (Wildman–Crippen LogP) is 1.51. The summed E-state index contributed by atoms with van der Waals surface area (Å²) < 4.78 is 32.1. The lowest BCUT2D eigenvalue weighted by atomic mass is 10.1. The molecule has 0 spiro atoms. The zero-order valence-electron chi connectivity index (χ0n) is 8.73. The fraction of sp³-hybridized carbons (Fsp3) is 0.300. The molecule has 1 aliphatic rings. The van der Waals surface area contributed by atoms with E-state index in [-0.39, 0.29) is 4.90 Å². The lowest BCUT2D eigenvalue weighted by Crippen LogP contribution is -1.99. The van der Waals surface area contributed by atoms with Gasteiger partial charge in [0.05, 0.1) is 12.8 Å². The topological polar surface area (TPSA) is 55.7 Å². The van der Waals surface area contributed by atoms with E-state index >= 15 is 0 Å². The van der Waals surface area contributed by atoms with Gasteiger partial charge in [-0.1, -0.05) is 0 Å². The Bertz CT molecular complexity index is 558. The number of ether oxygens (including phenoxy) is 1. The molecule has 0 amide bonds. The third kappa shape index (κ3) is 1.43. The molecule has 15 heavy (non-hydrogen) atoms. The Labute approximate surface area is 88.7 Å². The normalized spacial score (nSPS) is 17.1. The zero-order chi connectivity index (χ0) is 11.2. The van der Waals surface area contributed by atoms with Crippen molar-refractivity contribution in [2.75, 3.05) is 7.11 Å². The molecule has 80 valence electrons. The molecular weight excluding hydrogens is 214 g/mol. The first kappa shape index (κ1) is 10.2. The van der Waals surface area contributed by atoms with Crippen molar-refractivity contribution in [2.24, 2.45) is 4.40 Å². The molecule has 0 radical (unpaired) electrons. The average molecular weight is 225 g/mol. The number of fused-ring (bicyclic) bond motifs is 1. The molecule has 0 atom stereocenters. The summed E-state index contributed by atoms with van der Waals surface area (Å²) in [6, 6.07) is 3.51. The van der Waals surface area contributed by atoms with Gasteiger partial charge in [-0.2, -0.15) is 12.8 Å². The summed E-state index contributed by atoms with van der Waals surface area (Å²) in [5.41, 5.74) is 2.12. The van der Waals surface area contributed by atoms with E-state index in [9.17, 15) is 8.42 Å². The molecule has 0 fully saturated rings. The first-order valence-electron chi connectivity index (χ1n) is 4.46. The van der Waals surface area contributed by atoms with Gasteiger partial charge in [0.15, 0.2) is 0 Å². The number of hydrogen-bond acceptors (Lipinski definition) is 3. The Kier molecular flexibility index (Phi) is 2.08. The van der Waals surface area contributed by atoms with Crippen molar-refractivity contribution < 1.29 is 13.2 Å². The number of methoxy groups -OCH3 is 1. The second-order valence-electron chi connectivity index (χ2n) is 3.50. The maximum Gasteiger partial charge on any atom is 0.286 e. The predicted molar refractivity (Wildman–Crippen MR) is 57.1 cm³/mol. The van der Waals surface area contributed by atoms with Crippen LogP contribution in [0, 0.1) is 6.92 Å². The molecule has 2 rings (SSSR count). The Balaban J connectivity index is 2.86. The number of benzene rings is 1. The highest BCUT2D eigenvalue weighted by Crippen LogP contribution is 2.35. The largest absolute Gasteiger partial charge is 0.495 e. The maximum absolute atomic E-state index is 11.7. The van der Waals surface area contributed by atoms with Crippen molar-refractivity contribution in [3.05, 3.63) is 23.3 Å². The van der Waals surface area contributed by atoms with Gasteiger partial charge < -0.3 is 4.74 Å². The van der Waals surface area contributed by atoms with E-state index in [0.717, 1.165) is 5.56 Å². The highest BCUT2D eigenvalue weighted by Gasteiger charge is 2.30. The van der Waals surface area contributed by atoms with Gasteiger partial charge in [-0.15, -0.1) is 0 Å². The van der Waals surface area contributed by atoms with E-state index in [4.69, 9.17) is 4.74 Å². The first-order chi connectivity index (χ1) is 6.95. The van der Waals surface area contributed by atoms with Crippen LogP contribution in [0.25, 0.3) is 0 Å². The van der Waals surface area contributed by atoms with Crippen LogP contribution < -0.4 is 4.74 Å². The minimum absolute atomic E-state index is 0.188. The number of nitrogens with zero attached hydrogens (tertiary/aromatic N) is 1. The number of aryl methyl sites for hydroxylation is 1. The van der Waals surface area contributed by atoms with Crippen LogP contribution in [0.15, 0.2) is 21.4 Å². The summed E-state index contributed by atoms with van der Waals surface area (Å²) in [5, 5.41) is 0. The summed E-state index contributed by atoms with van der Waals surface area (Å²) in [4.78, 5) is 0.188. The zero-order valence-corrected chi connectivity index (χ0v) is 9.55. The molecule has 1 aromatic rings. The number of sulfonamides is 1. The van der Waals surface area contributed by atoms with Crippen LogP contribution in [0.4, 0.5) is 0 Å². The summed E-state index contributed by atoms with van der Waals surface area (Å²) in [5.74, 6) is 0.366. The van der Waals surface area contributed by atoms with Crippen molar-refractivity contribution in [3.8, 4) is 5.75 Å². The van der Waals surface area contributed by atoms with Crippen molar-refractivity contribution >= 4 is 15.7 Å². The quantitative estimate of drug-likeness (QED) is 0.728. The van der Waals surface area contributed by atoms with E-state index in [1.165, 1.54) is 7.11 Å². The van der Waals surface area contributed by atoms with E-state index < -0.39 is 10.0 Å². The third-order valence-electron chi connectivity index (χ3n) is 2.32. The van der Waals surface area contributed by atoms with E-state index in [0.29, 0.717) is 17.0 Å². The van der Waals surface area contributed by atoms with Crippen molar-refractivity contribution in [1.82, 2.24) is 0 Å². The maximum atomic E-state index is 11.7. The SMILES string of the molecule is COc1cc(C)cc2c1S(=O)(=O)N=C2C. The second kappa shape index (κ2) is 3.06. The van der Waals surface area contributed by atoms with E-state index in [1.807, 2.05) is 6.92 Å². The molecule has 4 nitrogen and oxygen atoms in total. The molecule has 5 heteroatoms. The first-order valence-corrected chi connectivity index (χ1v) is 5.90. The minimum Gasteiger partial charge on any atom is -0.495 e. The average Bonchev–Trinajstić information content (AvgIpc) is 2.36. The van der Waals surface area contributed by atoms with Crippen molar-refractivity contribution in [1.29, 1.82) is 0 Å². The van der Waals surface area contributed by atoms with Crippen LogP contribution >= 0.6 is 0 Å². The van der Waals surface area contributed by atoms with Crippen LogP contribution in [0.3, 0.4) is 0 Å². The standard InChI is InChI=1S/C10H11NO3S/c1-6-4-8-7(2)11-15(12,13)10(8)9(5-6)14-3/h4-5H,1-3H3. The Morgan fingerprint density at radius 3 is 2.53 bits per heavy atom. The molecule has 1 heterocycles. The van der Waals surface area contributed by atoms with Gasteiger partial charge in [-0.05, 0) is 31.5 Å². The highest BCUT2D eigenvalue weighted by molar-refractivity contribution is 7.90. The lowest BCUT2D eigenvalue weighted by molar-refractivity contribution is 0.402. The monoisotopic (exact) mass is 225 g/mol. The van der Waals surface area contributed by atoms with Crippen molar-refractivity contribution in [2.45, 2.75) is 18.7 Å². The fourth-order valence-electron chi connectivity index (χ4n) is 1.70. The number of hydrogen-bond donors (Lipinski definition) is 0. The molecule has 0 bridgehead atoms. The van der Waals surface area contributed by atoms with Gasteiger partial charge in [0.1, 0.15) is 10.6 Å². The fourth-order valence-corrected chi connectivity index (χ4v) is 3.13. The van der Waals surface area contributed by atoms with Crippen LogP contribution in [0.2, 0.25) is 0 Å². The smallest absolute Gasteiger partial charge is 0.286 e. The molecule has 0 N–H and O–H groups in total. The third-order valence-corrected chi connectivity index (χ3v) is 3.78. The summed E-state index contributed by atoms with van der Waals surface area (Å²) >= 11 is 0. The Morgan fingerprint density at radius 1 is 1.27 bits per heavy atom. The van der Waals surface area contributed by atoms with Gasteiger partial charge in [-0.3, -0.25) is 0 Å². The molecule has 0 saturated carbocycles. The molecule has 1 aliphatic heterocycles. The van der Waals surface area contributed by atoms with Crippen molar-refractivity contribution in [3.63, 3.8) is 0 Å². The van der Waals surface area contributed by atoms with Gasteiger partial charge in [-0.25, -0.2) is 0 Å². The van der Waals surface area contributed by atoms with E-state index in [1.54, 1.807) is 19.1 Å². The van der Waals surface area contributed by atoms with E-state index in [2.05, 4.69) is 4.40 Å². The molecule has 0 aromatic heterocycles. The van der Waals surface area contributed by atoms with Gasteiger partial charge >= 0.3 is 0 Å². The Hall–Kier alpha value is -1.36. The molecule has 0 unspecified atom stereocenters. The highest BCUT2D eigenvalue weighted by atomic mass is 32.2. The van der Waals surface area contributed by atoms with Crippen LogP contribution in [0.5, 0.6) is 5.75 Å². The Morgan fingerprint density at radius 2 is 1.93 bits per heavy atom. The van der Waals surface area contributed by atoms with Gasteiger partial charge in [0.2, 0.25) is 0 Å². The van der Waals surface area contributed by atoms with Crippen LogP contribution in [0.1, 0.15) is 18.1 Å². The van der Waals surface area contributed by atoms with Gasteiger partial charge in [0, 0.05) is 5.56 Å². The summed E-state index contributed by atoms with van der Waals surface area (Å²) in [6.07, 6.45) is 0. The summed E-state index contributed by atoms with van der Waals surface area (Å²) in [6.45, 7) is 3.57. The lowest BCUT2D eigenvalue weighted by Gasteiger charge is -2.07. The second-order valence-corrected chi connectivity index (χ2v) is 5.04. The summed E-state index contributed by atoms with van der Waals surface area (Å²) in [7, 11) is -2.09. The van der Waals surface area contributed by atoms with Crippen LogP contribution in [-0.2, 0) is 10.0 Å². The molecule has 0 aliphatic carbocycles. The molecule has 1 aromatic carbocycles. The molecular formula is C10H11NO3S. The van der Waals surface area contributed by atoms with Gasteiger partial charge in [0.25, 0.3) is 10.0 Å².